The molecule has 15 heavy (non-hydrogen) atoms. The molecule has 2 N–H and O–H groups in total. The van der Waals surface area contributed by atoms with Gasteiger partial charge < -0.3 is 9.47 Å². The third-order valence-corrected chi connectivity index (χ3v) is 2.18. The smallest absolute Gasteiger partial charge is 0.259 e. The van der Waals surface area contributed by atoms with Crippen LogP contribution in [-0.4, -0.2) is 22.7 Å². The van der Waals surface area contributed by atoms with E-state index < -0.39 is 11.3 Å². The second-order valence-electron chi connectivity index (χ2n) is 2.55. The number of anilines is 1. The van der Waals surface area contributed by atoms with Gasteiger partial charge in [-0.15, -0.1) is 0 Å². The van der Waals surface area contributed by atoms with Crippen LogP contribution in [-0.2, 0) is 16.0 Å². The van der Waals surface area contributed by atoms with Crippen molar-refractivity contribution >= 4 is 28.6 Å². The van der Waals surface area contributed by atoms with Crippen molar-refractivity contribution in [2.75, 3.05) is 18.6 Å². The molecule has 1 rings (SSSR count). The van der Waals surface area contributed by atoms with E-state index in [9.17, 15) is 4.21 Å². The van der Waals surface area contributed by atoms with Crippen LogP contribution in [0.4, 0.5) is 5.69 Å². The van der Waals surface area contributed by atoms with Crippen LogP contribution in [0.5, 0.6) is 5.75 Å². The minimum Gasteiger partial charge on any atom is -0.466 e. The Kier molecular flexibility index (Phi) is 4.83. The first-order chi connectivity index (χ1) is 7.13. The van der Waals surface area contributed by atoms with Crippen LogP contribution >= 0.6 is 11.6 Å². The molecule has 0 aliphatic rings. The SMILES string of the molecule is COCOc1ccc(NS(=O)O)cc1Cl. The van der Waals surface area contributed by atoms with Gasteiger partial charge in [-0.1, -0.05) is 11.6 Å². The summed E-state index contributed by atoms with van der Waals surface area (Å²) in [4.78, 5) is 0. The standard InChI is InChI=1S/C8H10ClNO4S/c1-13-5-14-8-3-2-6(4-7(8)9)10-15(11)12/h2-4,10H,5H2,1H3,(H,11,12). The van der Waals surface area contributed by atoms with Gasteiger partial charge in [0, 0.05) is 7.11 Å². The van der Waals surface area contributed by atoms with Crippen molar-refractivity contribution in [3.8, 4) is 5.75 Å². The average molecular weight is 252 g/mol. The van der Waals surface area contributed by atoms with Crippen molar-refractivity contribution in [2.24, 2.45) is 0 Å². The van der Waals surface area contributed by atoms with Gasteiger partial charge in [0.05, 0.1) is 10.7 Å². The predicted octanol–water partition coefficient (Wildman–Crippen LogP) is 1.87. The summed E-state index contributed by atoms with van der Waals surface area (Å²) in [5, 5.41) is 0.336. The number of methoxy groups -OCH3 is 1. The van der Waals surface area contributed by atoms with Gasteiger partial charge in [-0.05, 0) is 18.2 Å². The van der Waals surface area contributed by atoms with Gasteiger partial charge in [0.25, 0.3) is 11.3 Å². The molecule has 7 heteroatoms. The zero-order chi connectivity index (χ0) is 11.3. The van der Waals surface area contributed by atoms with Crippen LogP contribution in [0.1, 0.15) is 0 Å². The fourth-order valence-electron chi connectivity index (χ4n) is 0.905. The van der Waals surface area contributed by atoms with Crippen LogP contribution in [0.2, 0.25) is 5.02 Å². The molecule has 0 bridgehead atoms. The molecule has 1 aromatic carbocycles. The first-order valence-corrected chi connectivity index (χ1v) is 5.40. The second kappa shape index (κ2) is 5.92. The Balaban J connectivity index is 2.74. The van der Waals surface area contributed by atoms with Gasteiger partial charge in [0.1, 0.15) is 5.75 Å². The van der Waals surface area contributed by atoms with E-state index in [2.05, 4.69) is 4.72 Å². The summed E-state index contributed by atoms with van der Waals surface area (Å²) < 4.78 is 31.1. The Labute approximate surface area is 94.8 Å². The molecule has 84 valence electrons. The van der Waals surface area contributed by atoms with Crippen LogP contribution in [0.3, 0.4) is 0 Å². The van der Waals surface area contributed by atoms with E-state index >= 15 is 0 Å². The molecule has 0 saturated heterocycles. The summed E-state index contributed by atoms with van der Waals surface area (Å²) in [6.45, 7) is 0.0957. The number of halogens is 1. The monoisotopic (exact) mass is 251 g/mol. The number of benzene rings is 1. The highest BCUT2D eigenvalue weighted by molar-refractivity contribution is 7.80. The molecular weight excluding hydrogens is 242 g/mol. The fourth-order valence-corrected chi connectivity index (χ4v) is 1.47. The van der Waals surface area contributed by atoms with Crippen molar-refractivity contribution in [1.82, 2.24) is 0 Å². The third kappa shape index (κ3) is 4.05. The van der Waals surface area contributed by atoms with Crippen LogP contribution in [0, 0.1) is 0 Å². The molecule has 0 fully saturated rings. The molecule has 0 saturated carbocycles. The Hall–Kier alpha value is -0.820. The predicted molar refractivity (Wildman–Crippen MR) is 58.3 cm³/mol. The van der Waals surface area contributed by atoms with Crippen molar-refractivity contribution in [3.63, 3.8) is 0 Å². The van der Waals surface area contributed by atoms with E-state index in [1.54, 1.807) is 12.1 Å². The number of hydrogen-bond acceptors (Lipinski definition) is 3. The molecule has 0 aliphatic carbocycles. The molecule has 5 nitrogen and oxygen atoms in total. The van der Waals surface area contributed by atoms with Gasteiger partial charge >= 0.3 is 0 Å². The summed E-state index contributed by atoms with van der Waals surface area (Å²) in [6.07, 6.45) is 0. The lowest BCUT2D eigenvalue weighted by Gasteiger charge is -2.08. The highest BCUT2D eigenvalue weighted by Crippen LogP contribution is 2.27. The molecule has 0 heterocycles. The van der Waals surface area contributed by atoms with Crippen LogP contribution in [0.15, 0.2) is 18.2 Å². The molecule has 1 aromatic rings. The maximum Gasteiger partial charge on any atom is 0.259 e. The summed E-state index contributed by atoms with van der Waals surface area (Å²) in [5.74, 6) is 0.452. The summed E-state index contributed by atoms with van der Waals surface area (Å²) in [6, 6.07) is 4.64. The van der Waals surface area contributed by atoms with Gasteiger partial charge in [-0.3, -0.25) is 9.27 Å². The highest BCUT2D eigenvalue weighted by atomic mass is 35.5. The Morgan fingerprint density at radius 2 is 2.33 bits per heavy atom. The van der Waals surface area contributed by atoms with Gasteiger partial charge in [-0.2, -0.15) is 0 Å². The average Bonchev–Trinajstić information content (AvgIpc) is 2.15. The summed E-state index contributed by atoms with van der Waals surface area (Å²) in [7, 11) is 1.50. The molecular formula is C8H10ClNO4S. The number of ether oxygens (including phenoxy) is 2. The van der Waals surface area contributed by atoms with Crippen LogP contribution < -0.4 is 9.46 Å². The number of nitrogens with one attached hydrogen (secondary N) is 1. The molecule has 0 spiro atoms. The van der Waals surface area contributed by atoms with E-state index in [0.717, 1.165) is 0 Å². The molecule has 0 aromatic heterocycles. The Bertz CT molecular complexity index is 360. The normalized spacial score (nSPS) is 12.2. The number of hydrogen-bond donors (Lipinski definition) is 2. The molecule has 1 atom stereocenters. The van der Waals surface area contributed by atoms with E-state index in [1.165, 1.54) is 13.2 Å². The van der Waals surface area contributed by atoms with Crippen molar-refractivity contribution < 1.29 is 18.2 Å². The lowest BCUT2D eigenvalue weighted by atomic mass is 10.3. The topological polar surface area (TPSA) is 67.8 Å². The van der Waals surface area contributed by atoms with E-state index in [0.29, 0.717) is 16.5 Å². The largest absolute Gasteiger partial charge is 0.466 e. The van der Waals surface area contributed by atoms with E-state index in [-0.39, 0.29) is 6.79 Å². The maximum atomic E-state index is 10.4. The molecule has 1 unspecified atom stereocenters. The minimum absolute atomic E-state index is 0.0957. The highest BCUT2D eigenvalue weighted by Gasteiger charge is 2.03. The lowest BCUT2D eigenvalue weighted by Crippen LogP contribution is -2.03. The quantitative estimate of drug-likeness (QED) is 0.619. The van der Waals surface area contributed by atoms with Crippen LogP contribution in [0.25, 0.3) is 0 Å². The lowest BCUT2D eigenvalue weighted by molar-refractivity contribution is 0.0512. The first-order valence-electron chi connectivity index (χ1n) is 3.92. The Morgan fingerprint density at radius 1 is 1.60 bits per heavy atom. The van der Waals surface area contributed by atoms with Gasteiger partial charge in [0.15, 0.2) is 6.79 Å². The number of rotatable bonds is 5. The fraction of sp³-hybridized carbons (Fsp3) is 0.250. The zero-order valence-corrected chi connectivity index (χ0v) is 9.47. The van der Waals surface area contributed by atoms with E-state index in [1.807, 2.05) is 0 Å². The Morgan fingerprint density at radius 3 is 2.87 bits per heavy atom. The summed E-state index contributed by atoms with van der Waals surface area (Å²) in [5.41, 5.74) is 0.436. The minimum atomic E-state index is -2.11. The molecule has 0 aliphatic heterocycles. The molecule has 0 radical (unpaired) electrons. The van der Waals surface area contributed by atoms with Gasteiger partial charge in [-0.25, -0.2) is 4.21 Å². The second-order valence-corrected chi connectivity index (χ2v) is 3.66. The zero-order valence-electron chi connectivity index (χ0n) is 7.90. The van der Waals surface area contributed by atoms with Gasteiger partial charge in [0.2, 0.25) is 0 Å². The molecule has 0 amide bonds. The maximum absolute atomic E-state index is 10.4. The third-order valence-electron chi connectivity index (χ3n) is 1.47. The van der Waals surface area contributed by atoms with Crippen molar-refractivity contribution in [1.29, 1.82) is 0 Å². The van der Waals surface area contributed by atoms with E-state index in [4.69, 9.17) is 25.6 Å². The van der Waals surface area contributed by atoms with Crippen molar-refractivity contribution in [2.45, 2.75) is 0 Å². The van der Waals surface area contributed by atoms with Crippen molar-refractivity contribution in [3.05, 3.63) is 23.2 Å². The first kappa shape index (κ1) is 12.3. The summed E-state index contributed by atoms with van der Waals surface area (Å²) >= 11 is 3.74.